The largest absolute Gasteiger partial charge is 0.480 e. The number of carboxylic acids is 1. The van der Waals surface area contributed by atoms with E-state index in [1.54, 1.807) is 12.5 Å². The second kappa shape index (κ2) is 4.44. The Hall–Kier alpha value is -1.36. The molecule has 0 radical (unpaired) electrons. The van der Waals surface area contributed by atoms with Gasteiger partial charge in [-0.25, -0.2) is 0 Å². The smallest absolute Gasteiger partial charge is 0.317 e. The quantitative estimate of drug-likeness (QED) is 0.757. The molecule has 1 fully saturated rings. The lowest BCUT2D eigenvalue weighted by molar-refractivity contribution is -0.138. The van der Waals surface area contributed by atoms with Crippen LogP contribution in [-0.2, 0) is 11.3 Å². The summed E-state index contributed by atoms with van der Waals surface area (Å²) in [6, 6.07) is 0. The van der Waals surface area contributed by atoms with E-state index >= 15 is 0 Å². The van der Waals surface area contributed by atoms with E-state index in [0.717, 1.165) is 12.1 Å². The zero-order chi connectivity index (χ0) is 10.7. The van der Waals surface area contributed by atoms with Gasteiger partial charge in [-0.1, -0.05) is 5.16 Å². The van der Waals surface area contributed by atoms with Gasteiger partial charge in [0.1, 0.15) is 6.26 Å². The van der Waals surface area contributed by atoms with Crippen molar-refractivity contribution in [3.05, 3.63) is 18.0 Å². The fourth-order valence-corrected chi connectivity index (χ4v) is 1.60. The molecule has 0 amide bonds. The van der Waals surface area contributed by atoms with Gasteiger partial charge in [0.15, 0.2) is 0 Å². The molecule has 0 spiro atoms. The van der Waals surface area contributed by atoms with Crippen LogP contribution in [0.2, 0.25) is 0 Å². The molecule has 5 nitrogen and oxygen atoms in total. The Morgan fingerprint density at radius 3 is 3.00 bits per heavy atom. The Morgan fingerprint density at radius 2 is 2.47 bits per heavy atom. The first-order chi connectivity index (χ1) is 7.24. The molecule has 1 N–H and O–H groups in total. The van der Waals surface area contributed by atoms with E-state index in [1.807, 2.05) is 4.90 Å². The molecule has 0 saturated heterocycles. The van der Waals surface area contributed by atoms with Gasteiger partial charge in [-0.3, -0.25) is 9.69 Å². The minimum absolute atomic E-state index is 0.0850. The molecule has 1 heterocycles. The van der Waals surface area contributed by atoms with Crippen molar-refractivity contribution in [1.29, 1.82) is 0 Å². The van der Waals surface area contributed by atoms with E-state index in [2.05, 4.69) is 5.16 Å². The van der Waals surface area contributed by atoms with Crippen LogP contribution in [0.5, 0.6) is 0 Å². The van der Waals surface area contributed by atoms with Crippen LogP contribution < -0.4 is 0 Å². The van der Waals surface area contributed by atoms with Crippen LogP contribution in [0.4, 0.5) is 0 Å². The summed E-state index contributed by atoms with van der Waals surface area (Å²) in [7, 11) is 0. The summed E-state index contributed by atoms with van der Waals surface area (Å²) >= 11 is 0. The summed E-state index contributed by atoms with van der Waals surface area (Å²) in [5.41, 5.74) is 0.928. The first kappa shape index (κ1) is 10.2. The molecule has 82 valence electrons. The molecular weight excluding hydrogens is 196 g/mol. The average Bonchev–Trinajstić information content (AvgIpc) is 2.80. The summed E-state index contributed by atoms with van der Waals surface area (Å²) in [5, 5.41) is 12.4. The average molecular weight is 210 g/mol. The highest BCUT2D eigenvalue weighted by molar-refractivity contribution is 5.69. The number of hydrogen-bond acceptors (Lipinski definition) is 4. The zero-order valence-corrected chi connectivity index (χ0v) is 8.43. The van der Waals surface area contributed by atoms with Crippen LogP contribution in [0.3, 0.4) is 0 Å². The molecule has 0 unspecified atom stereocenters. The van der Waals surface area contributed by atoms with E-state index in [-0.39, 0.29) is 6.54 Å². The molecule has 0 atom stereocenters. The van der Waals surface area contributed by atoms with Crippen LogP contribution >= 0.6 is 0 Å². The zero-order valence-electron chi connectivity index (χ0n) is 8.43. The van der Waals surface area contributed by atoms with Gasteiger partial charge >= 0.3 is 5.97 Å². The Morgan fingerprint density at radius 1 is 1.67 bits per heavy atom. The number of carbonyl (C=O) groups is 1. The van der Waals surface area contributed by atoms with Gasteiger partial charge in [0.25, 0.3) is 0 Å². The molecule has 5 heteroatoms. The Kier molecular flexibility index (Phi) is 3.01. The van der Waals surface area contributed by atoms with E-state index in [0.29, 0.717) is 12.5 Å². The highest BCUT2D eigenvalue weighted by atomic mass is 16.5. The minimum atomic E-state index is -0.785. The van der Waals surface area contributed by atoms with Crippen molar-refractivity contribution in [3.63, 3.8) is 0 Å². The first-order valence-corrected chi connectivity index (χ1v) is 5.06. The summed E-state index contributed by atoms with van der Waals surface area (Å²) in [4.78, 5) is 12.6. The predicted octanol–water partition coefficient (Wildman–Crippen LogP) is 0.971. The third-order valence-electron chi connectivity index (χ3n) is 2.46. The lowest BCUT2D eigenvalue weighted by atomic mass is 10.3. The van der Waals surface area contributed by atoms with E-state index < -0.39 is 5.97 Å². The van der Waals surface area contributed by atoms with Crippen molar-refractivity contribution in [3.8, 4) is 0 Å². The van der Waals surface area contributed by atoms with Crippen LogP contribution in [0.15, 0.2) is 17.0 Å². The maximum Gasteiger partial charge on any atom is 0.317 e. The Labute approximate surface area is 87.7 Å². The number of hydrogen-bond donors (Lipinski definition) is 1. The standard InChI is InChI=1S/C10H14N2O3/c13-10(14)6-12(4-8-1-2-8)5-9-3-11-15-7-9/h3,7-8H,1-2,4-6H2,(H,13,14). The van der Waals surface area contributed by atoms with Crippen molar-refractivity contribution < 1.29 is 14.4 Å². The Bertz CT molecular complexity index is 319. The monoisotopic (exact) mass is 210 g/mol. The highest BCUT2D eigenvalue weighted by Gasteiger charge is 2.25. The third-order valence-corrected chi connectivity index (χ3v) is 2.46. The molecule has 1 saturated carbocycles. The van der Waals surface area contributed by atoms with Crippen molar-refractivity contribution >= 4 is 5.97 Å². The lowest BCUT2D eigenvalue weighted by Gasteiger charge is -2.18. The van der Waals surface area contributed by atoms with Gasteiger partial charge in [0.2, 0.25) is 0 Å². The van der Waals surface area contributed by atoms with E-state index in [9.17, 15) is 4.79 Å². The van der Waals surface area contributed by atoms with Crippen LogP contribution in [-0.4, -0.2) is 34.2 Å². The molecule has 1 aliphatic rings. The summed E-state index contributed by atoms with van der Waals surface area (Å²) in [6.45, 7) is 1.55. The lowest BCUT2D eigenvalue weighted by Crippen LogP contribution is -2.31. The topological polar surface area (TPSA) is 66.6 Å². The van der Waals surface area contributed by atoms with Crippen LogP contribution in [0, 0.1) is 5.92 Å². The summed E-state index contributed by atoms with van der Waals surface area (Å²) in [5.74, 6) is -0.101. The minimum Gasteiger partial charge on any atom is -0.480 e. The third kappa shape index (κ3) is 3.36. The molecular formula is C10H14N2O3. The number of nitrogens with zero attached hydrogens (tertiary/aromatic N) is 2. The van der Waals surface area contributed by atoms with Gasteiger partial charge in [0.05, 0.1) is 12.7 Å². The summed E-state index contributed by atoms with van der Waals surface area (Å²) < 4.78 is 4.72. The normalized spacial score (nSPS) is 15.8. The second-order valence-electron chi connectivity index (χ2n) is 4.04. The van der Waals surface area contributed by atoms with Crippen LogP contribution in [0.25, 0.3) is 0 Å². The molecule has 15 heavy (non-hydrogen) atoms. The number of carboxylic acid groups (broad SMARTS) is 1. The second-order valence-corrected chi connectivity index (χ2v) is 4.04. The molecule has 1 aromatic rings. The number of rotatable bonds is 6. The predicted molar refractivity (Wildman–Crippen MR) is 52.1 cm³/mol. The van der Waals surface area contributed by atoms with Gasteiger partial charge in [-0.2, -0.15) is 0 Å². The molecule has 0 bridgehead atoms. The van der Waals surface area contributed by atoms with Crippen molar-refractivity contribution in [2.45, 2.75) is 19.4 Å². The van der Waals surface area contributed by atoms with Gasteiger partial charge in [-0.05, 0) is 18.8 Å². The fourth-order valence-electron chi connectivity index (χ4n) is 1.60. The highest BCUT2D eigenvalue weighted by Crippen LogP contribution is 2.30. The Balaban J connectivity index is 1.88. The maximum atomic E-state index is 10.7. The van der Waals surface area contributed by atoms with Crippen molar-refractivity contribution in [2.24, 2.45) is 5.92 Å². The van der Waals surface area contributed by atoms with Crippen molar-refractivity contribution in [2.75, 3.05) is 13.1 Å². The molecule has 0 aliphatic heterocycles. The molecule has 1 aromatic heterocycles. The SMILES string of the molecule is O=C(O)CN(Cc1cnoc1)CC1CC1. The maximum absolute atomic E-state index is 10.7. The molecule has 2 rings (SSSR count). The fraction of sp³-hybridized carbons (Fsp3) is 0.600. The first-order valence-electron chi connectivity index (χ1n) is 5.06. The molecule has 0 aromatic carbocycles. The van der Waals surface area contributed by atoms with Gasteiger partial charge < -0.3 is 9.63 Å². The number of aliphatic carboxylic acids is 1. The van der Waals surface area contributed by atoms with Crippen molar-refractivity contribution in [1.82, 2.24) is 10.1 Å². The van der Waals surface area contributed by atoms with Gasteiger partial charge in [-0.15, -0.1) is 0 Å². The summed E-state index contributed by atoms with van der Waals surface area (Å²) in [6.07, 6.45) is 5.63. The number of aromatic nitrogens is 1. The van der Waals surface area contributed by atoms with Gasteiger partial charge in [0, 0.05) is 18.7 Å². The van der Waals surface area contributed by atoms with Crippen LogP contribution in [0.1, 0.15) is 18.4 Å². The molecule has 1 aliphatic carbocycles. The van der Waals surface area contributed by atoms with E-state index in [4.69, 9.17) is 9.63 Å². The van der Waals surface area contributed by atoms with E-state index in [1.165, 1.54) is 12.8 Å².